The van der Waals surface area contributed by atoms with Crippen LogP contribution >= 0.6 is 0 Å². The number of hydrogen-bond donors (Lipinski definition) is 0. The lowest BCUT2D eigenvalue weighted by atomic mass is 9.99. The van der Waals surface area contributed by atoms with Crippen LogP contribution in [-0.4, -0.2) is 11.9 Å². The summed E-state index contributed by atoms with van der Waals surface area (Å²) in [6.45, 7) is 9.34. The zero-order valence-corrected chi connectivity index (χ0v) is 16.0. The van der Waals surface area contributed by atoms with Crippen molar-refractivity contribution < 1.29 is 19.1 Å². The molecule has 2 aromatic carbocycles. The SMILES string of the molecule is Cc1ccc(OC(=O)C(C)Cc2cc(C)cc(OC(=O)C(C)C)c2)cc1. The third kappa shape index (κ3) is 5.73. The Balaban J connectivity index is 2.04. The summed E-state index contributed by atoms with van der Waals surface area (Å²) < 4.78 is 10.8. The van der Waals surface area contributed by atoms with E-state index in [9.17, 15) is 9.59 Å². The van der Waals surface area contributed by atoms with Crippen LogP contribution in [0.25, 0.3) is 0 Å². The topological polar surface area (TPSA) is 52.6 Å². The summed E-state index contributed by atoms with van der Waals surface area (Å²) in [7, 11) is 0. The minimum atomic E-state index is -0.313. The Morgan fingerprint density at radius 2 is 1.42 bits per heavy atom. The van der Waals surface area contributed by atoms with Crippen molar-refractivity contribution in [2.75, 3.05) is 0 Å². The Hall–Kier alpha value is -2.62. The lowest BCUT2D eigenvalue weighted by Gasteiger charge is -2.14. The van der Waals surface area contributed by atoms with Gasteiger partial charge < -0.3 is 9.47 Å². The van der Waals surface area contributed by atoms with Gasteiger partial charge in [0.1, 0.15) is 11.5 Å². The van der Waals surface area contributed by atoms with E-state index in [0.29, 0.717) is 17.9 Å². The predicted molar refractivity (Wildman–Crippen MR) is 101 cm³/mol. The van der Waals surface area contributed by atoms with E-state index in [1.54, 1.807) is 26.0 Å². The van der Waals surface area contributed by atoms with Gasteiger partial charge in [0.2, 0.25) is 0 Å². The van der Waals surface area contributed by atoms with Gasteiger partial charge in [-0.1, -0.05) is 44.5 Å². The van der Waals surface area contributed by atoms with Gasteiger partial charge in [-0.15, -0.1) is 0 Å². The number of carbonyl (C=O) groups is 2. The number of aryl methyl sites for hydroxylation is 2. The van der Waals surface area contributed by atoms with Gasteiger partial charge >= 0.3 is 11.9 Å². The number of esters is 2. The minimum absolute atomic E-state index is 0.192. The molecule has 2 aromatic rings. The highest BCUT2D eigenvalue weighted by Gasteiger charge is 2.17. The van der Waals surface area contributed by atoms with E-state index in [2.05, 4.69) is 0 Å². The van der Waals surface area contributed by atoms with Crippen LogP contribution < -0.4 is 9.47 Å². The van der Waals surface area contributed by atoms with Gasteiger partial charge in [0.05, 0.1) is 11.8 Å². The molecule has 0 fully saturated rings. The molecule has 0 spiro atoms. The molecule has 26 heavy (non-hydrogen) atoms. The first-order chi connectivity index (χ1) is 12.2. The number of benzene rings is 2. The van der Waals surface area contributed by atoms with Gasteiger partial charge in [-0.2, -0.15) is 0 Å². The third-order valence-electron chi connectivity index (χ3n) is 3.98. The average molecular weight is 354 g/mol. The molecule has 0 saturated heterocycles. The normalized spacial score (nSPS) is 11.9. The lowest BCUT2D eigenvalue weighted by molar-refractivity contribution is -0.139. The maximum absolute atomic E-state index is 12.3. The Kier molecular flexibility index (Phi) is 6.56. The van der Waals surface area contributed by atoms with Crippen molar-refractivity contribution in [3.05, 3.63) is 59.2 Å². The van der Waals surface area contributed by atoms with Crippen molar-refractivity contribution >= 4 is 11.9 Å². The molecule has 0 N–H and O–H groups in total. The van der Waals surface area contributed by atoms with E-state index >= 15 is 0 Å². The van der Waals surface area contributed by atoms with E-state index in [1.165, 1.54) is 0 Å². The molecule has 1 atom stereocenters. The summed E-state index contributed by atoms with van der Waals surface area (Å²) in [6.07, 6.45) is 0.513. The molecule has 4 nitrogen and oxygen atoms in total. The minimum Gasteiger partial charge on any atom is -0.426 e. The first kappa shape index (κ1) is 19.7. The molecule has 0 saturated carbocycles. The van der Waals surface area contributed by atoms with Crippen molar-refractivity contribution in [1.29, 1.82) is 0 Å². The fourth-order valence-corrected chi connectivity index (χ4v) is 2.50. The molecule has 0 aromatic heterocycles. The molecule has 0 amide bonds. The Morgan fingerprint density at radius 3 is 2.04 bits per heavy atom. The van der Waals surface area contributed by atoms with Crippen molar-refractivity contribution in [3.63, 3.8) is 0 Å². The molecule has 0 aliphatic heterocycles. The zero-order chi connectivity index (χ0) is 19.3. The van der Waals surface area contributed by atoms with Gasteiger partial charge in [-0.05, 0) is 55.7 Å². The van der Waals surface area contributed by atoms with Gasteiger partial charge in [0.15, 0.2) is 0 Å². The molecule has 1 unspecified atom stereocenters. The number of rotatable bonds is 6. The fraction of sp³-hybridized carbons (Fsp3) is 0.364. The number of hydrogen-bond acceptors (Lipinski definition) is 4. The van der Waals surface area contributed by atoms with E-state index in [1.807, 2.05) is 51.1 Å². The third-order valence-corrected chi connectivity index (χ3v) is 3.98. The van der Waals surface area contributed by atoms with Crippen molar-refractivity contribution in [2.45, 2.75) is 41.0 Å². The number of ether oxygens (including phenoxy) is 2. The summed E-state index contributed by atoms with van der Waals surface area (Å²) in [4.78, 5) is 24.1. The van der Waals surface area contributed by atoms with E-state index in [0.717, 1.165) is 16.7 Å². The van der Waals surface area contributed by atoms with Crippen LogP contribution in [0.4, 0.5) is 0 Å². The lowest BCUT2D eigenvalue weighted by Crippen LogP contribution is -2.20. The summed E-state index contributed by atoms with van der Waals surface area (Å²) in [5, 5.41) is 0. The average Bonchev–Trinajstić information content (AvgIpc) is 2.56. The molecule has 2 rings (SSSR count). The first-order valence-electron chi connectivity index (χ1n) is 8.85. The van der Waals surface area contributed by atoms with Crippen molar-refractivity contribution in [1.82, 2.24) is 0 Å². The van der Waals surface area contributed by atoms with Crippen LogP contribution in [0.3, 0.4) is 0 Å². The standard InChI is InChI=1S/C22H26O4/c1-14(2)21(23)26-20-11-16(4)10-18(13-20)12-17(5)22(24)25-19-8-6-15(3)7-9-19/h6-11,13-14,17H,12H2,1-5H3. The predicted octanol–water partition coefficient (Wildman–Crippen LogP) is 4.65. The molecule has 0 aliphatic carbocycles. The van der Waals surface area contributed by atoms with Crippen molar-refractivity contribution in [2.24, 2.45) is 11.8 Å². The van der Waals surface area contributed by atoms with E-state index < -0.39 is 0 Å². The molecule has 0 radical (unpaired) electrons. The highest BCUT2D eigenvalue weighted by Crippen LogP contribution is 2.22. The Labute approximate surface area is 155 Å². The van der Waals surface area contributed by atoms with E-state index in [-0.39, 0.29) is 23.8 Å². The Bertz CT molecular complexity index is 775. The summed E-state index contributed by atoms with van der Waals surface area (Å²) >= 11 is 0. The maximum Gasteiger partial charge on any atom is 0.314 e. The summed E-state index contributed by atoms with van der Waals surface area (Å²) in [5.41, 5.74) is 3.03. The van der Waals surface area contributed by atoms with Crippen LogP contribution in [0, 0.1) is 25.7 Å². The smallest absolute Gasteiger partial charge is 0.314 e. The molecular weight excluding hydrogens is 328 g/mol. The van der Waals surface area contributed by atoms with Crippen LogP contribution in [0.15, 0.2) is 42.5 Å². The van der Waals surface area contributed by atoms with Crippen molar-refractivity contribution in [3.8, 4) is 11.5 Å². The summed E-state index contributed by atoms with van der Waals surface area (Å²) in [5.74, 6) is -0.000337. The van der Waals surface area contributed by atoms with E-state index in [4.69, 9.17) is 9.47 Å². The molecule has 0 bridgehead atoms. The Morgan fingerprint density at radius 1 is 0.808 bits per heavy atom. The highest BCUT2D eigenvalue weighted by atomic mass is 16.5. The van der Waals surface area contributed by atoms with Crippen LogP contribution in [-0.2, 0) is 16.0 Å². The molecule has 0 aliphatic rings. The second-order valence-electron chi connectivity index (χ2n) is 7.07. The summed E-state index contributed by atoms with van der Waals surface area (Å²) in [6, 6.07) is 13.0. The maximum atomic E-state index is 12.3. The fourth-order valence-electron chi connectivity index (χ4n) is 2.50. The zero-order valence-electron chi connectivity index (χ0n) is 16.0. The first-order valence-corrected chi connectivity index (χ1v) is 8.85. The van der Waals surface area contributed by atoms with Gasteiger partial charge in [0, 0.05) is 0 Å². The van der Waals surface area contributed by atoms with Crippen LogP contribution in [0.1, 0.15) is 37.5 Å². The molecular formula is C22H26O4. The monoisotopic (exact) mass is 354 g/mol. The van der Waals surface area contributed by atoms with Gasteiger partial charge in [-0.3, -0.25) is 9.59 Å². The quantitative estimate of drug-likeness (QED) is 0.560. The van der Waals surface area contributed by atoms with Crippen LogP contribution in [0.2, 0.25) is 0 Å². The van der Waals surface area contributed by atoms with Crippen LogP contribution in [0.5, 0.6) is 11.5 Å². The second kappa shape index (κ2) is 8.65. The second-order valence-corrected chi connectivity index (χ2v) is 7.07. The molecule has 0 heterocycles. The molecule has 138 valence electrons. The largest absolute Gasteiger partial charge is 0.426 e. The number of carbonyl (C=O) groups excluding carboxylic acids is 2. The highest BCUT2D eigenvalue weighted by molar-refractivity contribution is 5.75. The van der Waals surface area contributed by atoms with Gasteiger partial charge in [0.25, 0.3) is 0 Å². The van der Waals surface area contributed by atoms with Gasteiger partial charge in [-0.25, -0.2) is 0 Å². The molecule has 4 heteroatoms.